The first-order chi connectivity index (χ1) is 6.68. The number of rotatable bonds is 1. The number of hydrogen-bond donors (Lipinski definition) is 1. The van der Waals surface area contributed by atoms with Gasteiger partial charge in [0.1, 0.15) is 0 Å². The Kier molecular flexibility index (Phi) is 1.95. The third kappa shape index (κ3) is 1.34. The molecule has 0 radical (unpaired) electrons. The molecule has 1 aromatic heterocycles. The summed E-state index contributed by atoms with van der Waals surface area (Å²) in [5.41, 5.74) is -1.73. The SMILES string of the molecule is O=c1[nH]c(=O)n(C2=CCCO2)cc1F. The van der Waals surface area contributed by atoms with E-state index >= 15 is 0 Å². The van der Waals surface area contributed by atoms with Crippen LogP contribution in [0.15, 0.2) is 21.9 Å². The molecule has 0 saturated heterocycles. The minimum Gasteiger partial charge on any atom is -0.478 e. The van der Waals surface area contributed by atoms with Crippen molar-refractivity contribution in [2.45, 2.75) is 6.42 Å². The van der Waals surface area contributed by atoms with Gasteiger partial charge in [-0.25, -0.2) is 9.36 Å². The lowest BCUT2D eigenvalue weighted by Crippen LogP contribution is -2.31. The Labute approximate surface area is 77.4 Å². The Hall–Kier alpha value is -1.85. The Balaban J connectivity index is 2.59. The van der Waals surface area contributed by atoms with Crippen LogP contribution in [0.25, 0.3) is 5.88 Å². The van der Waals surface area contributed by atoms with Crippen LogP contribution in [0.3, 0.4) is 0 Å². The molecule has 0 fully saturated rings. The van der Waals surface area contributed by atoms with Crippen molar-refractivity contribution in [3.8, 4) is 0 Å². The lowest BCUT2D eigenvalue weighted by atomic mass is 10.5. The molecule has 0 spiro atoms. The second kappa shape index (κ2) is 3.13. The minimum atomic E-state index is -1.02. The standard InChI is InChI=1S/C8H7FN2O3/c9-5-4-11(6-2-1-3-14-6)8(13)10-7(5)12/h2,4H,1,3H2,(H,10,12,13). The van der Waals surface area contributed by atoms with E-state index in [2.05, 4.69) is 0 Å². The summed E-state index contributed by atoms with van der Waals surface area (Å²) in [5.74, 6) is -0.758. The van der Waals surface area contributed by atoms with Gasteiger partial charge in [0.05, 0.1) is 12.8 Å². The van der Waals surface area contributed by atoms with Gasteiger partial charge in [-0.05, 0) is 6.08 Å². The molecule has 0 saturated carbocycles. The average Bonchev–Trinajstić information content (AvgIpc) is 2.64. The van der Waals surface area contributed by atoms with E-state index in [-0.39, 0.29) is 5.88 Å². The number of hydrogen-bond acceptors (Lipinski definition) is 3. The highest BCUT2D eigenvalue weighted by Gasteiger charge is 2.11. The van der Waals surface area contributed by atoms with E-state index in [0.29, 0.717) is 13.0 Å². The number of ether oxygens (including phenoxy) is 1. The molecule has 14 heavy (non-hydrogen) atoms. The fourth-order valence-corrected chi connectivity index (χ4v) is 1.18. The summed E-state index contributed by atoms with van der Waals surface area (Å²) >= 11 is 0. The van der Waals surface area contributed by atoms with Crippen molar-refractivity contribution in [2.75, 3.05) is 6.61 Å². The predicted octanol–water partition coefficient (Wildman–Crippen LogP) is -0.106. The topological polar surface area (TPSA) is 64.1 Å². The number of aromatic nitrogens is 2. The van der Waals surface area contributed by atoms with E-state index in [1.54, 1.807) is 6.08 Å². The summed E-state index contributed by atoms with van der Waals surface area (Å²) in [7, 11) is 0. The summed E-state index contributed by atoms with van der Waals surface area (Å²) < 4.78 is 18.8. The van der Waals surface area contributed by atoms with Crippen molar-refractivity contribution in [3.63, 3.8) is 0 Å². The van der Waals surface area contributed by atoms with Crippen molar-refractivity contribution in [2.24, 2.45) is 0 Å². The molecule has 74 valence electrons. The number of nitrogens with one attached hydrogen (secondary N) is 1. The molecule has 0 amide bonds. The summed E-state index contributed by atoms with van der Waals surface area (Å²) in [4.78, 5) is 23.7. The number of halogens is 1. The predicted molar refractivity (Wildman–Crippen MR) is 46.1 cm³/mol. The lowest BCUT2D eigenvalue weighted by Gasteiger charge is -2.05. The quantitative estimate of drug-likeness (QED) is 0.685. The average molecular weight is 198 g/mol. The molecular formula is C8H7FN2O3. The third-order valence-corrected chi connectivity index (χ3v) is 1.82. The molecule has 5 nitrogen and oxygen atoms in total. The van der Waals surface area contributed by atoms with Crippen LogP contribution in [0.1, 0.15) is 6.42 Å². The van der Waals surface area contributed by atoms with Crippen molar-refractivity contribution in [1.29, 1.82) is 0 Å². The van der Waals surface area contributed by atoms with Crippen molar-refractivity contribution in [3.05, 3.63) is 38.9 Å². The molecule has 6 heteroatoms. The Morgan fingerprint density at radius 3 is 2.93 bits per heavy atom. The largest absolute Gasteiger partial charge is 0.478 e. The zero-order valence-corrected chi connectivity index (χ0v) is 7.12. The maximum Gasteiger partial charge on any atom is 0.335 e. The second-order valence-electron chi connectivity index (χ2n) is 2.79. The molecule has 0 aromatic carbocycles. The normalized spacial score (nSPS) is 15.1. The van der Waals surface area contributed by atoms with Crippen LogP contribution in [-0.2, 0) is 4.74 Å². The van der Waals surface area contributed by atoms with Crippen molar-refractivity contribution < 1.29 is 9.13 Å². The fourth-order valence-electron chi connectivity index (χ4n) is 1.18. The second-order valence-corrected chi connectivity index (χ2v) is 2.79. The number of H-pyrrole nitrogens is 1. The van der Waals surface area contributed by atoms with Crippen molar-refractivity contribution >= 4 is 5.88 Å². The molecule has 0 unspecified atom stereocenters. The maximum absolute atomic E-state index is 12.8. The summed E-state index contributed by atoms with van der Waals surface area (Å²) in [5, 5.41) is 0. The van der Waals surface area contributed by atoms with E-state index in [1.165, 1.54) is 0 Å². The van der Waals surface area contributed by atoms with Gasteiger partial charge < -0.3 is 4.74 Å². The van der Waals surface area contributed by atoms with Gasteiger partial charge in [0.15, 0.2) is 5.88 Å². The van der Waals surface area contributed by atoms with Gasteiger partial charge in [0, 0.05) is 6.42 Å². The van der Waals surface area contributed by atoms with Gasteiger partial charge in [-0.1, -0.05) is 0 Å². The third-order valence-electron chi connectivity index (χ3n) is 1.82. The summed E-state index contributed by atoms with van der Waals surface area (Å²) in [6, 6.07) is 0. The molecule has 0 aliphatic carbocycles. The fraction of sp³-hybridized carbons (Fsp3) is 0.250. The Bertz CT molecular complexity index is 500. The Morgan fingerprint density at radius 2 is 2.29 bits per heavy atom. The van der Waals surface area contributed by atoms with Gasteiger partial charge in [-0.2, -0.15) is 4.39 Å². The number of nitrogens with zero attached hydrogens (tertiary/aromatic N) is 1. The molecule has 1 N–H and O–H groups in total. The summed E-state index contributed by atoms with van der Waals surface area (Å²) in [6.07, 6.45) is 3.14. The van der Waals surface area contributed by atoms with Crippen LogP contribution in [-0.4, -0.2) is 16.2 Å². The van der Waals surface area contributed by atoms with E-state index in [9.17, 15) is 14.0 Å². The highest BCUT2D eigenvalue weighted by atomic mass is 19.1. The van der Waals surface area contributed by atoms with Crippen molar-refractivity contribution in [1.82, 2.24) is 9.55 Å². The summed E-state index contributed by atoms with van der Waals surface area (Å²) in [6.45, 7) is 0.461. The highest BCUT2D eigenvalue weighted by Crippen LogP contribution is 2.11. The maximum atomic E-state index is 12.8. The van der Waals surface area contributed by atoms with Crippen LogP contribution < -0.4 is 11.2 Å². The zero-order valence-electron chi connectivity index (χ0n) is 7.12. The van der Waals surface area contributed by atoms with Gasteiger partial charge >= 0.3 is 5.69 Å². The molecule has 2 rings (SSSR count). The van der Waals surface area contributed by atoms with Crippen LogP contribution >= 0.6 is 0 Å². The molecule has 0 atom stereocenters. The highest BCUT2D eigenvalue weighted by molar-refractivity contribution is 5.38. The molecule has 1 aliphatic rings. The lowest BCUT2D eigenvalue weighted by molar-refractivity contribution is 0.285. The van der Waals surface area contributed by atoms with Gasteiger partial charge in [-0.15, -0.1) is 0 Å². The first-order valence-corrected chi connectivity index (χ1v) is 4.03. The van der Waals surface area contributed by atoms with E-state index in [0.717, 1.165) is 10.8 Å². The van der Waals surface area contributed by atoms with Crippen LogP contribution in [0.4, 0.5) is 4.39 Å². The van der Waals surface area contributed by atoms with Gasteiger partial charge in [0.2, 0.25) is 5.82 Å². The number of aromatic amines is 1. The smallest absolute Gasteiger partial charge is 0.335 e. The molecule has 2 heterocycles. The Morgan fingerprint density at radius 1 is 1.50 bits per heavy atom. The van der Waals surface area contributed by atoms with E-state index in [1.807, 2.05) is 4.98 Å². The van der Waals surface area contributed by atoms with E-state index in [4.69, 9.17) is 4.74 Å². The van der Waals surface area contributed by atoms with Gasteiger partial charge in [0.25, 0.3) is 5.56 Å². The van der Waals surface area contributed by atoms with Gasteiger partial charge in [-0.3, -0.25) is 9.78 Å². The van der Waals surface area contributed by atoms with Crippen LogP contribution in [0, 0.1) is 5.82 Å². The zero-order chi connectivity index (χ0) is 10.1. The molecule has 0 bridgehead atoms. The molecule has 1 aliphatic heterocycles. The molecular weight excluding hydrogens is 191 g/mol. The van der Waals surface area contributed by atoms with Crippen LogP contribution in [0.5, 0.6) is 0 Å². The minimum absolute atomic E-state index is 0.255. The molecule has 1 aromatic rings. The van der Waals surface area contributed by atoms with Crippen LogP contribution in [0.2, 0.25) is 0 Å². The first-order valence-electron chi connectivity index (χ1n) is 4.03. The first kappa shape index (κ1) is 8.74. The monoisotopic (exact) mass is 198 g/mol. The van der Waals surface area contributed by atoms with E-state index < -0.39 is 17.1 Å².